The lowest BCUT2D eigenvalue weighted by molar-refractivity contribution is 0.613. The highest BCUT2D eigenvalue weighted by Crippen LogP contribution is 2.25. The second-order valence-electron chi connectivity index (χ2n) is 4.43. The molecule has 2 rings (SSSR count). The molecule has 17 heavy (non-hydrogen) atoms. The van der Waals surface area contributed by atoms with Gasteiger partial charge in [0.2, 0.25) is 0 Å². The summed E-state index contributed by atoms with van der Waals surface area (Å²) >= 11 is 1.77. The minimum atomic E-state index is 0.308. The number of rotatable bonds is 4. The molecule has 0 fully saturated rings. The molecule has 0 aliphatic carbocycles. The van der Waals surface area contributed by atoms with E-state index in [2.05, 4.69) is 55.3 Å². The minimum absolute atomic E-state index is 0.308. The Morgan fingerprint density at radius 3 is 2.88 bits per heavy atom. The van der Waals surface area contributed by atoms with Crippen molar-refractivity contribution in [2.75, 3.05) is 6.54 Å². The number of hydrogen-bond donors (Lipinski definition) is 1. The molecule has 1 aromatic heterocycles. The molecule has 0 amide bonds. The molecule has 0 bridgehead atoms. The van der Waals surface area contributed by atoms with Crippen LogP contribution < -0.4 is 5.32 Å². The fourth-order valence-corrected chi connectivity index (χ4v) is 2.60. The summed E-state index contributed by atoms with van der Waals surface area (Å²) in [5.41, 5.74) is 2.44. The SMILES string of the molecule is CC(C)=CCNC(C)c1nc2ccccc2s1. The van der Waals surface area contributed by atoms with Gasteiger partial charge in [-0.05, 0) is 32.9 Å². The Balaban J connectivity index is 2.08. The lowest BCUT2D eigenvalue weighted by Gasteiger charge is -2.08. The molecule has 0 saturated heterocycles. The Labute approximate surface area is 106 Å². The van der Waals surface area contributed by atoms with Crippen molar-refractivity contribution in [2.45, 2.75) is 26.8 Å². The molecule has 0 aliphatic rings. The molecule has 0 radical (unpaired) electrons. The quantitative estimate of drug-likeness (QED) is 0.827. The van der Waals surface area contributed by atoms with E-state index in [1.165, 1.54) is 10.3 Å². The first kappa shape index (κ1) is 12.3. The third-order valence-corrected chi connectivity index (χ3v) is 3.83. The van der Waals surface area contributed by atoms with Gasteiger partial charge < -0.3 is 5.32 Å². The minimum Gasteiger partial charge on any atom is -0.305 e. The van der Waals surface area contributed by atoms with Gasteiger partial charge in [-0.25, -0.2) is 4.98 Å². The molecule has 1 unspecified atom stereocenters. The Hall–Kier alpha value is -1.19. The molecule has 0 aliphatic heterocycles. The van der Waals surface area contributed by atoms with Crippen LogP contribution in [-0.4, -0.2) is 11.5 Å². The van der Waals surface area contributed by atoms with Crippen molar-refractivity contribution in [3.63, 3.8) is 0 Å². The third kappa shape index (κ3) is 3.14. The van der Waals surface area contributed by atoms with Crippen molar-refractivity contribution in [1.82, 2.24) is 10.3 Å². The Bertz CT molecular complexity index is 491. The maximum Gasteiger partial charge on any atom is 0.111 e. The van der Waals surface area contributed by atoms with Gasteiger partial charge in [0.05, 0.1) is 16.3 Å². The summed E-state index contributed by atoms with van der Waals surface area (Å²) in [5, 5.41) is 4.62. The van der Waals surface area contributed by atoms with Crippen LogP contribution in [-0.2, 0) is 0 Å². The summed E-state index contributed by atoms with van der Waals surface area (Å²) in [4.78, 5) is 4.65. The monoisotopic (exact) mass is 246 g/mol. The first-order valence-corrected chi connectivity index (χ1v) is 6.70. The molecular weight excluding hydrogens is 228 g/mol. The molecule has 0 saturated carbocycles. The molecule has 1 aromatic carbocycles. The first-order chi connectivity index (χ1) is 8.16. The van der Waals surface area contributed by atoms with Crippen LogP contribution in [0.2, 0.25) is 0 Å². The summed E-state index contributed by atoms with van der Waals surface area (Å²) in [6.07, 6.45) is 2.20. The second-order valence-corrected chi connectivity index (χ2v) is 5.49. The van der Waals surface area contributed by atoms with Gasteiger partial charge in [0, 0.05) is 6.54 Å². The normalized spacial score (nSPS) is 12.6. The molecule has 1 heterocycles. The number of thiazole rings is 1. The largest absolute Gasteiger partial charge is 0.305 e. The average Bonchev–Trinajstić information content (AvgIpc) is 2.71. The predicted molar refractivity (Wildman–Crippen MR) is 75.5 cm³/mol. The van der Waals surface area contributed by atoms with Crippen molar-refractivity contribution in [1.29, 1.82) is 0 Å². The third-order valence-electron chi connectivity index (χ3n) is 2.62. The summed E-state index contributed by atoms with van der Waals surface area (Å²) in [5.74, 6) is 0. The Morgan fingerprint density at radius 1 is 1.41 bits per heavy atom. The number of nitrogens with zero attached hydrogens (tertiary/aromatic N) is 1. The molecule has 3 heteroatoms. The van der Waals surface area contributed by atoms with E-state index in [9.17, 15) is 0 Å². The smallest absolute Gasteiger partial charge is 0.111 e. The van der Waals surface area contributed by atoms with Gasteiger partial charge in [-0.1, -0.05) is 23.8 Å². The fraction of sp³-hybridized carbons (Fsp3) is 0.357. The number of benzene rings is 1. The Morgan fingerprint density at radius 2 is 2.18 bits per heavy atom. The number of aromatic nitrogens is 1. The summed E-state index contributed by atoms with van der Waals surface area (Å²) in [7, 11) is 0. The molecule has 2 nitrogen and oxygen atoms in total. The zero-order chi connectivity index (χ0) is 12.3. The summed E-state index contributed by atoms with van der Waals surface area (Å²) in [6.45, 7) is 7.30. The molecule has 0 spiro atoms. The maximum absolute atomic E-state index is 4.65. The summed E-state index contributed by atoms with van der Waals surface area (Å²) < 4.78 is 1.26. The van der Waals surface area contributed by atoms with Crippen molar-refractivity contribution in [3.05, 3.63) is 40.9 Å². The number of fused-ring (bicyclic) bond motifs is 1. The fourth-order valence-electron chi connectivity index (χ4n) is 1.60. The van der Waals surface area contributed by atoms with Crippen LogP contribution in [0, 0.1) is 0 Å². The van der Waals surface area contributed by atoms with Crippen LogP contribution in [0.5, 0.6) is 0 Å². The standard InChI is InChI=1S/C14H18N2S/c1-10(2)8-9-15-11(3)14-16-12-6-4-5-7-13(12)17-14/h4-8,11,15H,9H2,1-3H3. The van der Waals surface area contributed by atoms with Crippen molar-refractivity contribution in [2.24, 2.45) is 0 Å². The van der Waals surface area contributed by atoms with Crippen LogP contribution in [0.25, 0.3) is 10.2 Å². The van der Waals surface area contributed by atoms with E-state index in [4.69, 9.17) is 0 Å². The van der Waals surface area contributed by atoms with E-state index in [1.54, 1.807) is 11.3 Å². The van der Waals surface area contributed by atoms with E-state index in [1.807, 2.05) is 6.07 Å². The lowest BCUT2D eigenvalue weighted by atomic mass is 10.3. The first-order valence-electron chi connectivity index (χ1n) is 5.89. The van der Waals surface area contributed by atoms with Crippen LogP contribution >= 0.6 is 11.3 Å². The van der Waals surface area contributed by atoms with E-state index >= 15 is 0 Å². The van der Waals surface area contributed by atoms with Gasteiger partial charge >= 0.3 is 0 Å². The molecule has 1 N–H and O–H groups in total. The van der Waals surface area contributed by atoms with E-state index in [0.29, 0.717) is 6.04 Å². The van der Waals surface area contributed by atoms with E-state index in [-0.39, 0.29) is 0 Å². The number of nitrogens with one attached hydrogen (secondary N) is 1. The predicted octanol–water partition coefficient (Wildman–Crippen LogP) is 3.91. The van der Waals surface area contributed by atoms with Gasteiger partial charge in [0.1, 0.15) is 5.01 Å². The van der Waals surface area contributed by atoms with Gasteiger partial charge in [0.25, 0.3) is 0 Å². The number of para-hydroxylation sites is 1. The number of allylic oxidation sites excluding steroid dienone is 1. The number of hydrogen-bond acceptors (Lipinski definition) is 3. The topological polar surface area (TPSA) is 24.9 Å². The molecule has 1 atom stereocenters. The summed E-state index contributed by atoms with van der Waals surface area (Å²) in [6, 6.07) is 8.60. The van der Waals surface area contributed by atoms with E-state index in [0.717, 1.165) is 17.1 Å². The zero-order valence-electron chi connectivity index (χ0n) is 10.5. The molecule has 2 aromatic rings. The molecule has 90 valence electrons. The highest BCUT2D eigenvalue weighted by atomic mass is 32.1. The second kappa shape index (κ2) is 5.43. The van der Waals surface area contributed by atoms with Gasteiger partial charge in [-0.3, -0.25) is 0 Å². The van der Waals surface area contributed by atoms with Crippen LogP contribution in [0.1, 0.15) is 31.8 Å². The van der Waals surface area contributed by atoms with Crippen LogP contribution in [0.15, 0.2) is 35.9 Å². The zero-order valence-corrected chi connectivity index (χ0v) is 11.3. The van der Waals surface area contributed by atoms with Crippen molar-refractivity contribution in [3.8, 4) is 0 Å². The van der Waals surface area contributed by atoms with Crippen LogP contribution in [0.4, 0.5) is 0 Å². The van der Waals surface area contributed by atoms with Crippen LogP contribution in [0.3, 0.4) is 0 Å². The van der Waals surface area contributed by atoms with Gasteiger partial charge in [0.15, 0.2) is 0 Å². The lowest BCUT2D eigenvalue weighted by Crippen LogP contribution is -2.18. The average molecular weight is 246 g/mol. The van der Waals surface area contributed by atoms with Crippen molar-refractivity contribution >= 4 is 21.6 Å². The van der Waals surface area contributed by atoms with Crippen molar-refractivity contribution < 1.29 is 0 Å². The highest BCUT2D eigenvalue weighted by molar-refractivity contribution is 7.18. The van der Waals surface area contributed by atoms with Gasteiger partial charge in [-0.2, -0.15) is 0 Å². The Kier molecular flexibility index (Phi) is 3.92. The van der Waals surface area contributed by atoms with E-state index < -0.39 is 0 Å². The highest BCUT2D eigenvalue weighted by Gasteiger charge is 2.09. The maximum atomic E-state index is 4.65. The molecular formula is C14H18N2S. The van der Waals surface area contributed by atoms with Gasteiger partial charge in [-0.15, -0.1) is 11.3 Å².